The molecule has 4 nitrogen and oxygen atoms in total. The Bertz CT molecular complexity index is 702. The van der Waals surface area contributed by atoms with Gasteiger partial charge >= 0.3 is 0 Å². The number of phenolic OH excluding ortho intramolecular Hbond substituents is 1. The number of guanidine groups is 1. The van der Waals surface area contributed by atoms with Gasteiger partial charge in [0.05, 0.1) is 6.54 Å². The molecule has 0 spiro atoms. The van der Waals surface area contributed by atoms with Crippen LogP contribution < -0.4 is 10.6 Å². The number of nitrogens with one attached hydrogen (secondary N) is 2. The summed E-state index contributed by atoms with van der Waals surface area (Å²) in [6.45, 7) is 3.38. The van der Waals surface area contributed by atoms with Crippen LogP contribution in [0, 0.1) is 11.6 Å². The molecule has 0 heterocycles. The summed E-state index contributed by atoms with van der Waals surface area (Å²) in [5.41, 5.74) is 1.37. The predicted molar refractivity (Wildman–Crippen MR) is 95.6 cm³/mol. The average molecular weight is 347 g/mol. The first-order valence-corrected chi connectivity index (χ1v) is 8.32. The van der Waals surface area contributed by atoms with Gasteiger partial charge in [-0.15, -0.1) is 0 Å². The normalized spacial score (nSPS) is 11.4. The van der Waals surface area contributed by atoms with Gasteiger partial charge in [0.25, 0.3) is 0 Å². The lowest BCUT2D eigenvalue weighted by Crippen LogP contribution is -2.37. The highest BCUT2D eigenvalue weighted by Crippen LogP contribution is 2.11. The average Bonchev–Trinajstić information content (AvgIpc) is 2.60. The quantitative estimate of drug-likeness (QED) is 0.409. The number of halogens is 2. The van der Waals surface area contributed by atoms with Crippen LogP contribution in [0.25, 0.3) is 0 Å². The zero-order chi connectivity index (χ0) is 18.1. The summed E-state index contributed by atoms with van der Waals surface area (Å²) >= 11 is 0. The molecule has 25 heavy (non-hydrogen) atoms. The van der Waals surface area contributed by atoms with Crippen molar-refractivity contribution in [1.29, 1.82) is 0 Å². The molecular weight excluding hydrogens is 324 g/mol. The number of aliphatic imine (C=N–C) groups is 1. The van der Waals surface area contributed by atoms with E-state index in [2.05, 4.69) is 15.6 Å². The highest BCUT2D eigenvalue weighted by molar-refractivity contribution is 5.79. The second kappa shape index (κ2) is 9.61. The van der Waals surface area contributed by atoms with Crippen molar-refractivity contribution in [3.8, 4) is 5.75 Å². The zero-order valence-corrected chi connectivity index (χ0v) is 14.2. The summed E-state index contributed by atoms with van der Waals surface area (Å²) in [6.07, 6.45) is 1.74. The molecule has 0 saturated heterocycles. The number of aromatic hydroxyl groups is 1. The van der Waals surface area contributed by atoms with Crippen LogP contribution in [-0.4, -0.2) is 24.2 Å². The van der Waals surface area contributed by atoms with E-state index < -0.39 is 11.6 Å². The Hall–Kier alpha value is -2.63. The first kappa shape index (κ1) is 18.7. The lowest BCUT2D eigenvalue weighted by atomic mass is 10.1. The Balaban J connectivity index is 1.84. The van der Waals surface area contributed by atoms with Crippen LogP contribution in [0.3, 0.4) is 0 Å². The van der Waals surface area contributed by atoms with E-state index in [1.54, 1.807) is 12.1 Å². The molecule has 6 heteroatoms. The highest BCUT2D eigenvalue weighted by atomic mass is 19.1. The largest absolute Gasteiger partial charge is 0.508 e. The van der Waals surface area contributed by atoms with E-state index in [4.69, 9.17) is 0 Å². The number of hydrogen-bond donors (Lipinski definition) is 3. The van der Waals surface area contributed by atoms with E-state index in [-0.39, 0.29) is 17.9 Å². The maximum atomic E-state index is 13.6. The van der Waals surface area contributed by atoms with Crippen molar-refractivity contribution in [2.45, 2.75) is 26.3 Å². The van der Waals surface area contributed by atoms with Crippen LogP contribution in [-0.2, 0) is 13.0 Å². The Labute approximate surface area is 146 Å². The van der Waals surface area contributed by atoms with E-state index >= 15 is 0 Å². The molecule has 0 aromatic heterocycles. The van der Waals surface area contributed by atoms with E-state index in [9.17, 15) is 13.9 Å². The molecule has 0 aliphatic heterocycles. The van der Waals surface area contributed by atoms with E-state index in [1.807, 2.05) is 19.1 Å². The Kier molecular flexibility index (Phi) is 7.19. The van der Waals surface area contributed by atoms with Crippen LogP contribution in [0.1, 0.15) is 24.5 Å². The summed E-state index contributed by atoms with van der Waals surface area (Å²) < 4.78 is 26.8. The molecule has 0 unspecified atom stereocenters. The number of aryl methyl sites for hydroxylation is 1. The van der Waals surface area contributed by atoms with Gasteiger partial charge in [-0.3, -0.25) is 0 Å². The van der Waals surface area contributed by atoms with E-state index in [0.29, 0.717) is 19.0 Å². The number of benzene rings is 2. The van der Waals surface area contributed by atoms with Gasteiger partial charge in [-0.1, -0.05) is 12.1 Å². The van der Waals surface area contributed by atoms with Gasteiger partial charge in [-0.05, 0) is 55.7 Å². The van der Waals surface area contributed by atoms with Crippen LogP contribution in [0.5, 0.6) is 5.75 Å². The first-order valence-electron chi connectivity index (χ1n) is 8.32. The maximum Gasteiger partial charge on any atom is 0.191 e. The summed E-state index contributed by atoms with van der Waals surface area (Å²) in [5.74, 6) is -0.114. The predicted octanol–water partition coefficient (Wildman–Crippen LogP) is 3.36. The minimum absolute atomic E-state index is 0.0664. The Morgan fingerprint density at radius 2 is 1.84 bits per heavy atom. The molecule has 0 aliphatic carbocycles. The third-order valence-corrected chi connectivity index (χ3v) is 3.63. The molecule has 0 atom stereocenters. The number of rotatable bonds is 7. The molecule has 0 saturated carbocycles. The molecule has 0 aliphatic rings. The molecule has 2 aromatic rings. The van der Waals surface area contributed by atoms with Crippen LogP contribution in [0.15, 0.2) is 47.5 Å². The minimum Gasteiger partial charge on any atom is -0.508 e. The van der Waals surface area contributed by atoms with Crippen molar-refractivity contribution < 1.29 is 13.9 Å². The molecular formula is C19H23F2N3O. The molecule has 0 bridgehead atoms. The molecule has 0 amide bonds. The summed E-state index contributed by atoms with van der Waals surface area (Å²) in [6, 6.07) is 10.5. The van der Waals surface area contributed by atoms with Crippen molar-refractivity contribution in [2.75, 3.05) is 13.1 Å². The van der Waals surface area contributed by atoms with Crippen LogP contribution in [0.4, 0.5) is 8.78 Å². The van der Waals surface area contributed by atoms with E-state index in [0.717, 1.165) is 36.6 Å². The van der Waals surface area contributed by atoms with Crippen molar-refractivity contribution >= 4 is 5.96 Å². The summed E-state index contributed by atoms with van der Waals surface area (Å²) in [5, 5.41) is 15.5. The van der Waals surface area contributed by atoms with Gasteiger partial charge in [0.1, 0.15) is 17.4 Å². The molecule has 0 fully saturated rings. The fraction of sp³-hybridized carbons (Fsp3) is 0.316. The first-order chi connectivity index (χ1) is 12.1. The SMILES string of the molecule is CCNC(=NCc1cc(F)ccc1F)NCCCc1ccc(O)cc1. The van der Waals surface area contributed by atoms with Crippen LogP contribution in [0.2, 0.25) is 0 Å². The lowest BCUT2D eigenvalue weighted by Gasteiger charge is -2.11. The number of nitrogens with zero attached hydrogens (tertiary/aromatic N) is 1. The van der Waals surface area contributed by atoms with Gasteiger partial charge < -0.3 is 15.7 Å². The van der Waals surface area contributed by atoms with Gasteiger partial charge in [0.2, 0.25) is 0 Å². The molecule has 0 radical (unpaired) electrons. The maximum absolute atomic E-state index is 13.6. The van der Waals surface area contributed by atoms with Crippen molar-refractivity contribution in [3.05, 3.63) is 65.2 Å². The van der Waals surface area contributed by atoms with Crippen molar-refractivity contribution in [2.24, 2.45) is 4.99 Å². The van der Waals surface area contributed by atoms with E-state index in [1.165, 1.54) is 0 Å². The fourth-order valence-electron chi connectivity index (χ4n) is 2.33. The second-order valence-electron chi connectivity index (χ2n) is 5.63. The Morgan fingerprint density at radius 1 is 1.08 bits per heavy atom. The topological polar surface area (TPSA) is 56.7 Å². The summed E-state index contributed by atoms with van der Waals surface area (Å²) in [4.78, 5) is 4.30. The highest BCUT2D eigenvalue weighted by Gasteiger charge is 2.04. The van der Waals surface area contributed by atoms with Crippen molar-refractivity contribution in [3.63, 3.8) is 0 Å². The smallest absolute Gasteiger partial charge is 0.191 e. The van der Waals surface area contributed by atoms with Crippen LogP contribution >= 0.6 is 0 Å². The second-order valence-corrected chi connectivity index (χ2v) is 5.63. The molecule has 3 N–H and O–H groups in total. The minimum atomic E-state index is -0.474. The third kappa shape index (κ3) is 6.41. The lowest BCUT2D eigenvalue weighted by molar-refractivity contribution is 0.475. The number of hydrogen-bond acceptors (Lipinski definition) is 2. The van der Waals surface area contributed by atoms with Gasteiger partial charge in [0, 0.05) is 18.7 Å². The molecule has 2 rings (SSSR count). The summed E-state index contributed by atoms with van der Waals surface area (Å²) in [7, 11) is 0. The zero-order valence-electron chi connectivity index (χ0n) is 14.2. The number of phenols is 1. The standard InChI is InChI=1S/C19H23F2N3O/c1-2-22-19(24-13-15-12-16(20)7-10-18(15)21)23-11-3-4-14-5-8-17(25)9-6-14/h5-10,12,25H,2-4,11,13H2,1H3,(H2,22,23,24). The molecule has 2 aromatic carbocycles. The molecule has 134 valence electrons. The van der Waals surface area contributed by atoms with Gasteiger partial charge in [-0.2, -0.15) is 0 Å². The van der Waals surface area contributed by atoms with Gasteiger partial charge in [-0.25, -0.2) is 13.8 Å². The third-order valence-electron chi connectivity index (χ3n) is 3.63. The van der Waals surface area contributed by atoms with Crippen molar-refractivity contribution in [1.82, 2.24) is 10.6 Å². The van der Waals surface area contributed by atoms with Gasteiger partial charge in [0.15, 0.2) is 5.96 Å². The Morgan fingerprint density at radius 3 is 2.56 bits per heavy atom. The fourth-order valence-corrected chi connectivity index (χ4v) is 2.33. The monoisotopic (exact) mass is 347 g/mol.